The summed E-state index contributed by atoms with van der Waals surface area (Å²) in [7, 11) is 0. The van der Waals surface area contributed by atoms with Gasteiger partial charge in [-0.05, 0) is 44.0 Å². The van der Waals surface area contributed by atoms with Crippen molar-refractivity contribution in [1.29, 1.82) is 0 Å². The maximum atomic E-state index is 14.6. The molecule has 2 N–H and O–H groups in total. The van der Waals surface area contributed by atoms with Crippen molar-refractivity contribution in [3.63, 3.8) is 0 Å². The van der Waals surface area contributed by atoms with Gasteiger partial charge in [-0.3, -0.25) is 0 Å². The van der Waals surface area contributed by atoms with E-state index in [-0.39, 0.29) is 43.5 Å². The van der Waals surface area contributed by atoms with Gasteiger partial charge in [-0.15, -0.1) is 0 Å². The average Bonchev–Trinajstić information content (AvgIpc) is 3.11. The predicted octanol–water partition coefficient (Wildman–Crippen LogP) is 0.697. The van der Waals surface area contributed by atoms with Crippen molar-refractivity contribution < 1.29 is 39.3 Å². The van der Waals surface area contributed by atoms with Crippen LogP contribution >= 0.6 is 0 Å². The van der Waals surface area contributed by atoms with Crippen LogP contribution in [-0.2, 0) is 4.74 Å². The molecule has 0 radical (unpaired) electrons. The molecule has 1 fully saturated rings. The summed E-state index contributed by atoms with van der Waals surface area (Å²) in [5, 5.41) is 12.0. The minimum absolute atomic E-state index is 0. The quantitative estimate of drug-likeness (QED) is 0.603. The number of carboxylic acid groups (broad SMARTS) is 1. The molecular formula is C20H21FLiN5O3. The smallest absolute Gasteiger partial charge is 1.00 e. The van der Waals surface area contributed by atoms with Crippen LogP contribution in [0.1, 0.15) is 36.5 Å². The number of aromatic nitrogens is 4. The molecule has 30 heavy (non-hydrogen) atoms. The first-order chi connectivity index (χ1) is 14.0. The summed E-state index contributed by atoms with van der Waals surface area (Å²) in [6.07, 6.45) is 4.41. The summed E-state index contributed by atoms with van der Waals surface area (Å²) in [5.41, 5.74) is 1.53. The van der Waals surface area contributed by atoms with E-state index in [1.165, 1.54) is 12.1 Å². The van der Waals surface area contributed by atoms with Gasteiger partial charge >= 0.3 is 24.8 Å². The fourth-order valence-corrected chi connectivity index (χ4v) is 3.46. The van der Waals surface area contributed by atoms with Crippen molar-refractivity contribution in [3.8, 4) is 11.4 Å². The zero-order valence-electron chi connectivity index (χ0n) is 17.8. The maximum Gasteiger partial charge on any atom is 1.00 e. The number of aromatic carboxylic acids is 1. The number of nitrogens with zero attached hydrogens (tertiary/aromatic N) is 4. The van der Waals surface area contributed by atoms with Crippen LogP contribution in [0.15, 0.2) is 36.7 Å². The summed E-state index contributed by atoms with van der Waals surface area (Å²) in [6.45, 7) is 3.21. The first-order valence-corrected chi connectivity index (χ1v) is 9.28. The van der Waals surface area contributed by atoms with Crippen LogP contribution in [0.5, 0.6) is 0 Å². The molecule has 3 heterocycles. The van der Waals surface area contributed by atoms with Gasteiger partial charge in [0.1, 0.15) is 11.5 Å². The van der Waals surface area contributed by atoms with Gasteiger partial charge in [0.25, 0.3) is 0 Å². The standard InChI is InChI=1S/C20H20FN5O3.Li.H/c1-12-22-11-17(26(12)15-6-8-29-9-7-15)18-16(21)10-23-20(25-18)24-14-4-2-13(3-5-14)19(27)28;;/h2-5,10-11,15H,6-9H2,1H3,(H,27,28)(H,23,24,25);;/q;+1;-1. The topological polar surface area (TPSA) is 102 Å². The fourth-order valence-electron chi connectivity index (χ4n) is 3.46. The van der Waals surface area contributed by atoms with E-state index in [0.29, 0.717) is 24.6 Å². The summed E-state index contributed by atoms with van der Waals surface area (Å²) in [6, 6.07) is 6.33. The number of anilines is 2. The van der Waals surface area contributed by atoms with Gasteiger partial charge in [0.05, 0.1) is 23.7 Å². The molecule has 0 unspecified atom stereocenters. The molecule has 0 bridgehead atoms. The Labute approximate surface area is 186 Å². The third kappa shape index (κ3) is 4.54. The Kier molecular flexibility index (Phi) is 6.87. The molecule has 4 rings (SSSR count). The SMILES string of the molecule is Cc1ncc(-c2nc(Nc3ccc(C(=O)O)cc3)ncc2F)n1C1CCOCC1.[H-].[Li+]. The second-order valence-electron chi connectivity index (χ2n) is 6.80. The molecule has 1 aliphatic heterocycles. The normalized spacial score (nSPS) is 14.2. The van der Waals surface area contributed by atoms with Crippen LogP contribution in [-0.4, -0.2) is 43.8 Å². The first kappa shape index (κ1) is 22.0. The molecule has 0 aliphatic carbocycles. The molecule has 152 valence electrons. The molecule has 0 atom stereocenters. The summed E-state index contributed by atoms with van der Waals surface area (Å²) in [5.74, 6) is -0.538. The Morgan fingerprint density at radius 1 is 1.23 bits per heavy atom. The zero-order valence-corrected chi connectivity index (χ0v) is 16.8. The number of ether oxygens (including phenoxy) is 1. The Hall–Kier alpha value is -2.73. The largest absolute Gasteiger partial charge is 1.00 e. The number of halogens is 1. The minimum atomic E-state index is -1.01. The Morgan fingerprint density at radius 2 is 1.93 bits per heavy atom. The molecule has 0 amide bonds. The maximum absolute atomic E-state index is 14.6. The van der Waals surface area contributed by atoms with Crippen molar-refractivity contribution in [2.75, 3.05) is 18.5 Å². The van der Waals surface area contributed by atoms with Crippen LogP contribution < -0.4 is 24.2 Å². The third-order valence-electron chi connectivity index (χ3n) is 4.91. The van der Waals surface area contributed by atoms with Crippen LogP contribution in [0.2, 0.25) is 0 Å². The Morgan fingerprint density at radius 3 is 2.60 bits per heavy atom. The average molecular weight is 405 g/mol. The van der Waals surface area contributed by atoms with Crippen molar-refractivity contribution >= 4 is 17.6 Å². The van der Waals surface area contributed by atoms with Crippen molar-refractivity contribution in [1.82, 2.24) is 19.5 Å². The van der Waals surface area contributed by atoms with E-state index in [9.17, 15) is 9.18 Å². The van der Waals surface area contributed by atoms with E-state index in [4.69, 9.17) is 9.84 Å². The number of hydrogen-bond acceptors (Lipinski definition) is 6. The van der Waals surface area contributed by atoms with Crippen LogP contribution in [0, 0.1) is 12.7 Å². The van der Waals surface area contributed by atoms with Crippen molar-refractivity contribution in [2.24, 2.45) is 0 Å². The van der Waals surface area contributed by atoms with Gasteiger partial charge in [0, 0.05) is 24.9 Å². The third-order valence-corrected chi connectivity index (χ3v) is 4.91. The minimum Gasteiger partial charge on any atom is -1.00 e. The number of benzene rings is 1. The fraction of sp³-hybridized carbons (Fsp3) is 0.300. The molecule has 0 saturated carbocycles. The molecule has 3 aromatic rings. The molecule has 0 spiro atoms. The second kappa shape index (κ2) is 9.39. The van der Waals surface area contributed by atoms with E-state index in [1.807, 2.05) is 11.5 Å². The summed E-state index contributed by atoms with van der Waals surface area (Å²) in [4.78, 5) is 23.7. The van der Waals surface area contributed by atoms with Crippen LogP contribution in [0.3, 0.4) is 0 Å². The Balaban J connectivity index is 0.00000171. The second-order valence-corrected chi connectivity index (χ2v) is 6.80. The summed E-state index contributed by atoms with van der Waals surface area (Å²) < 4.78 is 22.1. The van der Waals surface area contributed by atoms with Gasteiger partial charge in [-0.1, -0.05) is 0 Å². The molecular weight excluding hydrogens is 384 g/mol. The number of carboxylic acids is 1. The number of aryl methyl sites for hydroxylation is 1. The van der Waals surface area contributed by atoms with Crippen molar-refractivity contribution in [2.45, 2.75) is 25.8 Å². The van der Waals surface area contributed by atoms with E-state index in [2.05, 4.69) is 20.3 Å². The first-order valence-electron chi connectivity index (χ1n) is 9.28. The molecule has 1 aromatic carbocycles. The van der Waals surface area contributed by atoms with E-state index >= 15 is 0 Å². The molecule has 2 aromatic heterocycles. The van der Waals surface area contributed by atoms with Gasteiger partial charge in [0.15, 0.2) is 5.82 Å². The molecule has 1 aliphatic rings. The summed E-state index contributed by atoms with van der Waals surface area (Å²) >= 11 is 0. The van der Waals surface area contributed by atoms with Gasteiger partial charge in [-0.25, -0.2) is 24.1 Å². The Bertz CT molecular complexity index is 1040. The predicted molar refractivity (Wildman–Crippen MR) is 105 cm³/mol. The monoisotopic (exact) mass is 405 g/mol. The van der Waals surface area contributed by atoms with E-state index in [0.717, 1.165) is 24.9 Å². The van der Waals surface area contributed by atoms with Gasteiger partial charge in [-0.2, -0.15) is 0 Å². The molecule has 8 nitrogen and oxygen atoms in total. The number of imidazole rings is 1. The number of nitrogens with one attached hydrogen (secondary N) is 1. The van der Waals surface area contributed by atoms with E-state index in [1.54, 1.807) is 18.3 Å². The zero-order chi connectivity index (χ0) is 20.4. The number of rotatable bonds is 5. The van der Waals surface area contributed by atoms with Crippen LogP contribution in [0.4, 0.5) is 16.0 Å². The van der Waals surface area contributed by atoms with Crippen LogP contribution in [0.25, 0.3) is 11.4 Å². The van der Waals surface area contributed by atoms with Gasteiger partial charge < -0.3 is 21.2 Å². The number of carbonyl (C=O) groups is 1. The number of hydrogen-bond donors (Lipinski definition) is 2. The van der Waals surface area contributed by atoms with E-state index < -0.39 is 11.8 Å². The molecule has 10 heteroatoms. The van der Waals surface area contributed by atoms with Crippen molar-refractivity contribution in [3.05, 3.63) is 53.9 Å². The molecule has 1 saturated heterocycles. The van der Waals surface area contributed by atoms with Gasteiger partial charge in [0.2, 0.25) is 5.95 Å².